The van der Waals surface area contributed by atoms with Gasteiger partial charge in [0.05, 0.1) is 13.2 Å². The molecule has 5 nitrogen and oxygen atoms in total. The molecule has 1 N–H and O–H groups in total. The number of piperidine rings is 1. The molecule has 2 atom stereocenters. The Morgan fingerprint density at radius 3 is 2.95 bits per heavy atom. The van der Waals surface area contributed by atoms with Gasteiger partial charge < -0.3 is 14.8 Å². The minimum Gasteiger partial charge on any atom is -0.497 e. The molecule has 2 aliphatic rings. The molecule has 1 aromatic rings. The third-order valence-corrected chi connectivity index (χ3v) is 3.79. The van der Waals surface area contributed by atoms with Crippen LogP contribution < -0.4 is 10.1 Å². The Kier molecular flexibility index (Phi) is 3.29. The van der Waals surface area contributed by atoms with E-state index in [-0.39, 0.29) is 18.2 Å². The van der Waals surface area contributed by atoms with Crippen LogP contribution in [0.5, 0.6) is 5.75 Å². The van der Waals surface area contributed by atoms with Crippen molar-refractivity contribution in [3.8, 4) is 5.75 Å². The van der Waals surface area contributed by atoms with Crippen LogP contribution >= 0.6 is 0 Å². The van der Waals surface area contributed by atoms with Crippen molar-refractivity contribution in [2.75, 3.05) is 20.2 Å². The first-order valence-electron chi connectivity index (χ1n) is 6.59. The summed E-state index contributed by atoms with van der Waals surface area (Å²) in [5.74, 6) is 0.826. The lowest BCUT2D eigenvalue weighted by Gasteiger charge is -2.28. The van der Waals surface area contributed by atoms with Gasteiger partial charge in [0, 0.05) is 13.1 Å². The normalized spacial score (nSPS) is 25.9. The molecular formula is C14H18N2O3. The van der Waals surface area contributed by atoms with Crippen LogP contribution in [0.2, 0.25) is 0 Å². The summed E-state index contributed by atoms with van der Waals surface area (Å²) in [6.07, 6.45) is 0.751. The van der Waals surface area contributed by atoms with Crippen LogP contribution in [0.25, 0.3) is 0 Å². The van der Waals surface area contributed by atoms with E-state index in [1.807, 2.05) is 29.2 Å². The highest BCUT2D eigenvalue weighted by atomic mass is 16.6. The van der Waals surface area contributed by atoms with Crippen LogP contribution in [-0.2, 0) is 11.3 Å². The van der Waals surface area contributed by atoms with Crippen molar-refractivity contribution in [3.05, 3.63) is 29.8 Å². The number of amides is 1. The highest BCUT2D eigenvalue weighted by Gasteiger charge is 2.42. The molecule has 0 aliphatic carbocycles. The Bertz CT molecular complexity index is 460. The van der Waals surface area contributed by atoms with Gasteiger partial charge in [0.1, 0.15) is 11.9 Å². The van der Waals surface area contributed by atoms with Crippen LogP contribution in [0, 0.1) is 0 Å². The molecule has 2 unspecified atom stereocenters. The number of methoxy groups -OCH3 is 1. The minimum absolute atomic E-state index is 0.000464. The van der Waals surface area contributed by atoms with Gasteiger partial charge in [-0.3, -0.25) is 4.90 Å². The van der Waals surface area contributed by atoms with Crippen molar-refractivity contribution in [2.24, 2.45) is 0 Å². The molecule has 0 radical (unpaired) electrons. The lowest BCUT2D eigenvalue weighted by Crippen LogP contribution is -2.47. The number of rotatable bonds is 3. The molecule has 19 heavy (non-hydrogen) atoms. The second-order valence-corrected chi connectivity index (χ2v) is 4.96. The molecule has 102 valence electrons. The van der Waals surface area contributed by atoms with Crippen LogP contribution in [0.3, 0.4) is 0 Å². The fraction of sp³-hybridized carbons (Fsp3) is 0.500. The van der Waals surface area contributed by atoms with Crippen molar-refractivity contribution in [3.63, 3.8) is 0 Å². The maximum absolute atomic E-state index is 11.9. The average molecular weight is 262 g/mol. The van der Waals surface area contributed by atoms with E-state index in [0.29, 0.717) is 6.54 Å². The standard InChI is InChI=1S/C14H18N2O3/c1-18-11-4-2-10(3-5-11)9-16-12-6-7-15-8-13(12)19-14(16)17/h2-5,12-13,15H,6-9H2,1H3. The molecule has 2 aliphatic heterocycles. The number of benzene rings is 1. The van der Waals surface area contributed by atoms with Crippen LogP contribution in [0.15, 0.2) is 24.3 Å². The van der Waals surface area contributed by atoms with Gasteiger partial charge in [0.2, 0.25) is 0 Å². The van der Waals surface area contributed by atoms with Gasteiger partial charge in [-0.05, 0) is 30.7 Å². The SMILES string of the molecule is COc1ccc(CN2C(=O)OC3CNCCC32)cc1. The zero-order valence-corrected chi connectivity index (χ0v) is 11.0. The van der Waals surface area contributed by atoms with Gasteiger partial charge in [-0.25, -0.2) is 4.79 Å². The molecule has 0 aromatic heterocycles. The number of carbonyl (C=O) groups is 1. The van der Waals surface area contributed by atoms with Gasteiger partial charge in [-0.1, -0.05) is 12.1 Å². The van der Waals surface area contributed by atoms with E-state index in [2.05, 4.69) is 5.32 Å². The first-order valence-corrected chi connectivity index (χ1v) is 6.59. The van der Waals surface area contributed by atoms with Gasteiger partial charge in [0.15, 0.2) is 0 Å². The van der Waals surface area contributed by atoms with Crippen molar-refractivity contribution in [1.82, 2.24) is 10.2 Å². The second kappa shape index (κ2) is 5.09. The van der Waals surface area contributed by atoms with E-state index in [0.717, 1.165) is 30.8 Å². The molecule has 3 rings (SSSR count). The van der Waals surface area contributed by atoms with Gasteiger partial charge >= 0.3 is 6.09 Å². The molecule has 1 aromatic carbocycles. The lowest BCUT2D eigenvalue weighted by atomic mass is 10.0. The Hall–Kier alpha value is -1.75. The van der Waals surface area contributed by atoms with Crippen LogP contribution in [-0.4, -0.2) is 43.3 Å². The highest BCUT2D eigenvalue weighted by Crippen LogP contribution is 2.26. The van der Waals surface area contributed by atoms with E-state index >= 15 is 0 Å². The van der Waals surface area contributed by atoms with Gasteiger partial charge in [-0.15, -0.1) is 0 Å². The van der Waals surface area contributed by atoms with Crippen molar-refractivity contribution >= 4 is 6.09 Å². The van der Waals surface area contributed by atoms with E-state index in [1.54, 1.807) is 7.11 Å². The van der Waals surface area contributed by atoms with Crippen molar-refractivity contribution in [2.45, 2.75) is 25.1 Å². The smallest absolute Gasteiger partial charge is 0.410 e. The summed E-state index contributed by atoms with van der Waals surface area (Å²) >= 11 is 0. The summed E-state index contributed by atoms with van der Waals surface area (Å²) in [7, 11) is 1.65. The number of carbonyl (C=O) groups excluding carboxylic acids is 1. The summed E-state index contributed by atoms with van der Waals surface area (Å²) in [6.45, 7) is 2.30. The summed E-state index contributed by atoms with van der Waals surface area (Å²) < 4.78 is 10.5. The topological polar surface area (TPSA) is 50.8 Å². The zero-order chi connectivity index (χ0) is 13.2. The van der Waals surface area contributed by atoms with Crippen LogP contribution in [0.4, 0.5) is 4.79 Å². The summed E-state index contributed by atoms with van der Waals surface area (Å²) in [5, 5.41) is 3.26. The second-order valence-electron chi connectivity index (χ2n) is 4.96. The minimum atomic E-state index is -0.200. The van der Waals surface area contributed by atoms with Gasteiger partial charge in [-0.2, -0.15) is 0 Å². The Balaban J connectivity index is 1.72. The van der Waals surface area contributed by atoms with Gasteiger partial charge in [0.25, 0.3) is 0 Å². The van der Waals surface area contributed by atoms with Crippen molar-refractivity contribution < 1.29 is 14.3 Å². The first kappa shape index (κ1) is 12.3. The third kappa shape index (κ3) is 2.38. The Labute approximate surface area is 112 Å². The molecular weight excluding hydrogens is 244 g/mol. The summed E-state index contributed by atoms with van der Waals surface area (Å²) in [5.41, 5.74) is 1.09. The number of hydrogen-bond donors (Lipinski definition) is 1. The average Bonchev–Trinajstić information content (AvgIpc) is 2.76. The molecule has 1 amide bonds. The molecule has 2 fully saturated rings. The van der Waals surface area contributed by atoms with E-state index in [9.17, 15) is 4.79 Å². The number of fused-ring (bicyclic) bond motifs is 1. The third-order valence-electron chi connectivity index (χ3n) is 3.79. The number of hydrogen-bond acceptors (Lipinski definition) is 4. The molecule has 0 saturated carbocycles. The Morgan fingerprint density at radius 1 is 1.42 bits per heavy atom. The predicted molar refractivity (Wildman–Crippen MR) is 70.1 cm³/mol. The number of ether oxygens (including phenoxy) is 2. The van der Waals surface area contributed by atoms with E-state index in [1.165, 1.54) is 0 Å². The quantitative estimate of drug-likeness (QED) is 0.894. The summed E-state index contributed by atoms with van der Waals surface area (Å²) in [4.78, 5) is 13.8. The van der Waals surface area contributed by atoms with Crippen LogP contribution in [0.1, 0.15) is 12.0 Å². The lowest BCUT2D eigenvalue weighted by molar-refractivity contribution is 0.121. The summed E-state index contributed by atoms with van der Waals surface area (Å²) in [6, 6.07) is 8.00. The molecule has 0 bridgehead atoms. The zero-order valence-electron chi connectivity index (χ0n) is 11.0. The van der Waals surface area contributed by atoms with E-state index in [4.69, 9.17) is 9.47 Å². The number of nitrogens with zero attached hydrogens (tertiary/aromatic N) is 1. The monoisotopic (exact) mass is 262 g/mol. The Morgan fingerprint density at radius 2 is 2.21 bits per heavy atom. The molecule has 5 heteroatoms. The first-order chi connectivity index (χ1) is 9.28. The highest BCUT2D eigenvalue weighted by molar-refractivity contribution is 5.71. The molecule has 0 spiro atoms. The predicted octanol–water partition coefficient (Wildman–Crippen LogP) is 1.38. The fourth-order valence-electron chi connectivity index (χ4n) is 2.73. The maximum atomic E-state index is 11.9. The molecule has 2 heterocycles. The molecule has 2 saturated heterocycles. The van der Waals surface area contributed by atoms with Crippen molar-refractivity contribution in [1.29, 1.82) is 0 Å². The fourth-order valence-corrected chi connectivity index (χ4v) is 2.73. The maximum Gasteiger partial charge on any atom is 0.410 e. The van der Waals surface area contributed by atoms with E-state index < -0.39 is 0 Å². The number of nitrogens with one attached hydrogen (secondary N) is 1. The largest absolute Gasteiger partial charge is 0.497 e.